The molecule has 0 unspecified atom stereocenters. The highest BCUT2D eigenvalue weighted by Gasteiger charge is 2.34. The first-order valence-corrected chi connectivity index (χ1v) is 8.42. The summed E-state index contributed by atoms with van der Waals surface area (Å²) in [6, 6.07) is 3.14. The lowest BCUT2D eigenvalue weighted by atomic mass is 10.1. The molecular weight excluding hydrogens is 274 g/mol. The van der Waals surface area contributed by atoms with Gasteiger partial charge in [-0.25, -0.2) is 15.0 Å². The molecule has 1 aliphatic carbocycles. The van der Waals surface area contributed by atoms with E-state index in [1.165, 1.54) is 45.1 Å². The zero-order valence-electron chi connectivity index (χ0n) is 13.1. The van der Waals surface area contributed by atoms with Gasteiger partial charge in [0, 0.05) is 24.1 Å². The first kappa shape index (κ1) is 13.9. The molecule has 1 saturated heterocycles. The fourth-order valence-electron chi connectivity index (χ4n) is 4.01. The number of hydrogen-bond acceptors (Lipinski definition) is 4. The van der Waals surface area contributed by atoms with Gasteiger partial charge in [0.2, 0.25) is 0 Å². The Morgan fingerprint density at radius 2 is 2.00 bits per heavy atom. The van der Waals surface area contributed by atoms with Crippen LogP contribution in [0.2, 0.25) is 0 Å². The number of nitrogens with zero attached hydrogens (tertiary/aromatic N) is 4. The van der Waals surface area contributed by atoms with Crippen LogP contribution in [0.25, 0.3) is 11.5 Å². The monoisotopic (exact) mass is 297 g/mol. The van der Waals surface area contributed by atoms with E-state index in [4.69, 9.17) is 9.97 Å². The molecule has 5 heteroatoms. The number of aromatic nitrogens is 4. The number of rotatable bonds is 3. The van der Waals surface area contributed by atoms with Crippen LogP contribution in [-0.2, 0) is 0 Å². The van der Waals surface area contributed by atoms with Gasteiger partial charge in [0.15, 0.2) is 5.82 Å². The van der Waals surface area contributed by atoms with E-state index in [1.54, 1.807) is 6.20 Å². The molecule has 0 aromatic carbocycles. The van der Waals surface area contributed by atoms with Gasteiger partial charge >= 0.3 is 0 Å². The molecule has 22 heavy (non-hydrogen) atoms. The Labute approximate surface area is 131 Å². The zero-order valence-corrected chi connectivity index (χ0v) is 13.1. The van der Waals surface area contributed by atoms with Crippen LogP contribution >= 0.6 is 0 Å². The second-order valence-corrected chi connectivity index (χ2v) is 6.52. The fourth-order valence-corrected chi connectivity index (χ4v) is 4.01. The Bertz CT molecular complexity index is 631. The lowest BCUT2D eigenvalue weighted by molar-refractivity contribution is 0.176. The van der Waals surface area contributed by atoms with Crippen molar-refractivity contribution < 1.29 is 0 Å². The predicted molar refractivity (Wildman–Crippen MR) is 85.3 cm³/mol. The summed E-state index contributed by atoms with van der Waals surface area (Å²) in [5.41, 5.74) is 1.93. The molecule has 116 valence electrons. The van der Waals surface area contributed by atoms with Gasteiger partial charge in [-0.05, 0) is 45.2 Å². The van der Waals surface area contributed by atoms with Crippen LogP contribution in [0.5, 0.6) is 0 Å². The number of nitrogens with one attached hydrogen (secondary N) is 1. The number of hydrogen-bond donors (Lipinski definition) is 1. The van der Waals surface area contributed by atoms with Crippen molar-refractivity contribution in [3.8, 4) is 11.5 Å². The minimum atomic E-state index is 0.386. The van der Waals surface area contributed by atoms with Gasteiger partial charge in [0.1, 0.15) is 11.5 Å². The maximum Gasteiger partial charge on any atom is 0.156 e. The van der Waals surface area contributed by atoms with Crippen molar-refractivity contribution in [1.29, 1.82) is 0 Å². The van der Waals surface area contributed by atoms with Gasteiger partial charge in [-0.2, -0.15) is 0 Å². The van der Waals surface area contributed by atoms with Crippen molar-refractivity contribution in [3.05, 3.63) is 30.0 Å². The quantitative estimate of drug-likeness (QED) is 0.944. The van der Waals surface area contributed by atoms with Crippen molar-refractivity contribution in [1.82, 2.24) is 24.8 Å². The second-order valence-electron chi connectivity index (χ2n) is 6.52. The molecule has 4 rings (SSSR count). The molecule has 2 fully saturated rings. The molecule has 2 aromatic rings. The number of H-pyrrole nitrogens is 1. The molecule has 2 aromatic heterocycles. The summed E-state index contributed by atoms with van der Waals surface area (Å²) >= 11 is 0. The number of aryl methyl sites for hydroxylation is 1. The number of imidazole rings is 1. The van der Waals surface area contributed by atoms with E-state index in [0.717, 1.165) is 29.1 Å². The van der Waals surface area contributed by atoms with Crippen LogP contribution in [0, 0.1) is 6.92 Å². The van der Waals surface area contributed by atoms with Gasteiger partial charge in [-0.1, -0.05) is 12.8 Å². The highest BCUT2D eigenvalue weighted by atomic mass is 15.2. The predicted octanol–water partition coefficient (Wildman–Crippen LogP) is 3.25. The lowest BCUT2D eigenvalue weighted by Gasteiger charge is -2.29. The second kappa shape index (κ2) is 5.80. The maximum absolute atomic E-state index is 4.83. The van der Waals surface area contributed by atoms with E-state index >= 15 is 0 Å². The van der Waals surface area contributed by atoms with Crippen molar-refractivity contribution in [3.63, 3.8) is 0 Å². The molecule has 1 aliphatic heterocycles. The lowest BCUT2D eigenvalue weighted by Crippen LogP contribution is -2.33. The summed E-state index contributed by atoms with van der Waals surface area (Å²) in [5, 5.41) is 0. The van der Waals surface area contributed by atoms with Crippen LogP contribution in [0.3, 0.4) is 0 Å². The molecule has 0 radical (unpaired) electrons. The minimum Gasteiger partial charge on any atom is -0.343 e. The van der Waals surface area contributed by atoms with Gasteiger partial charge in [-0.3, -0.25) is 4.90 Å². The minimum absolute atomic E-state index is 0.386. The van der Waals surface area contributed by atoms with Crippen molar-refractivity contribution in [2.24, 2.45) is 0 Å². The normalized spacial score (nSPS) is 23.4. The summed E-state index contributed by atoms with van der Waals surface area (Å²) < 4.78 is 0. The van der Waals surface area contributed by atoms with Gasteiger partial charge < -0.3 is 4.98 Å². The molecule has 3 heterocycles. The van der Waals surface area contributed by atoms with Gasteiger partial charge in [-0.15, -0.1) is 0 Å². The topological polar surface area (TPSA) is 57.7 Å². The molecule has 0 spiro atoms. The molecule has 1 atom stereocenters. The van der Waals surface area contributed by atoms with Crippen LogP contribution in [-0.4, -0.2) is 37.4 Å². The summed E-state index contributed by atoms with van der Waals surface area (Å²) in [6.07, 6.45) is 11.5. The first-order chi connectivity index (χ1) is 10.8. The highest BCUT2D eigenvalue weighted by molar-refractivity contribution is 5.49. The third kappa shape index (κ3) is 2.54. The first-order valence-electron chi connectivity index (χ1n) is 8.42. The highest BCUT2D eigenvalue weighted by Crippen LogP contribution is 2.37. The largest absolute Gasteiger partial charge is 0.343 e. The number of likely N-dealkylation sites (tertiary alicyclic amines) is 1. The Balaban J connectivity index is 1.66. The smallest absolute Gasteiger partial charge is 0.156 e. The molecule has 1 N–H and O–H groups in total. The Morgan fingerprint density at radius 3 is 2.77 bits per heavy atom. The summed E-state index contributed by atoms with van der Waals surface area (Å²) in [5.74, 6) is 1.81. The summed E-state index contributed by atoms with van der Waals surface area (Å²) in [4.78, 5) is 19.7. The molecule has 0 bridgehead atoms. The van der Waals surface area contributed by atoms with Crippen LogP contribution in [0.15, 0.2) is 18.5 Å². The summed E-state index contributed by atoms with van der Waals surface area (Å²) in [7, 11) is 0. The molecule has 2 aliphatic rings. The maximum atomic E-state index is 4.83. The Hall–Kier alpha value is -1.75. The van der Waals surface area contributed by atoms with Gasteiger partial charge in [0.05, 0.1) is 6.04 Å². The van der Waals surface area contributed by atoms with Gasteiger partial charge in [0.25, 0.3) is 0 Å². The van der Waals surface area contributed by atoms with Crippen LogP contribution in [0.1, 0.15) is 56.1 Å². The van der Waals surface area contributed by atoms with Crippen LogP contribution in [0.4, 0.5) is 0 Å². The Morgan fingerprint density at radius 1 is 1.14 bits per heavy atom. The fraction of sp³-hybridized carbons (Fsp3) is 0.588. The van der Waals surface area contributed by atoms with Crippen LogP contribution < -0.4 is 0 Å². The van der Waals surface area contributed by atoms with Crippen molar-refractivity contribution in [2.75, 3.05) is 6.54 Å². The average Bonchev–Trinajstić information content (AvgIpc) is 3.26. The molecule has 0 amide bonds. The third-order valence-electron chi connectivity index (χ3n) is 5.00. The van der Waals surface area contributed by atoms with E-state index in [0.29, 0.717) is 6.04 Å². The third-order valence-corrected chi connectivity index (χ3v) is 5.00. The number of aromatic amines is 1. The molecular formula is C17H23N5. The standard InChI is InChI=1S/C17H23N5/c1-12-11-14(16-18-8-9-19-16)21-17(20-12)15-7-4-10-22(15)13-5-2-3-6-13/h8-9,11,13,15H,2-7,10H2,1H3,(H,18,19)/t15-/m0/s1. The molecule has 5 nitrogen and oxygen atoms in total. The van der Waals surface area contributed by atoms with E-state index in [-0.39, 0.29) is 0 Å². The van der Waals surface area contributed by atoms with E-state index in [1.807, 2.05) is 19.2 Å². The average molecular weight is 297 g/mol. The van der Waals surface area contributed by atoms with E-state index in [9.17, 15) is 0 Å². The van der Waals surface area contributed by atoms with E-state index < -0.39 is 0 Å². The van der Waals surface area contributed by atoms with Crippen molar-refractivity contribution in [2.45, 2.75) is 57.5 Å². The van der Waals surface area contributed by atoms with E-state index in [2.05, 4.69) is 14.9 Å². The molecule has 1 saturated carbocycles. The Kier molecular flexibility index (Phi) is 3.66. The zero-order chi connectivity index (χ0) is 14.9. The SMILES string of the molecule is Cc1cc(-c2ncc[nH]2)nc([C@@H]2CCCN2C2CCCC2)n1. The summed E-state index contributed by atoms with van der Waals surface area (Å²) in [6.45, 7) is 3.25. The van der Waals surface area contributed by atoms with Crippen molar-refractivity contribution >= 4 is 0 Å².